The molecule has 3 heterocycles. The molecule has 0 saturated heterocycles. The third-order valence-electron chi connectivity index (χ3n) is 5.52. The number of amides is 3. The fraction of sp³-hybridized carbons (Fsp3) is 0.240. The number of hydrogen-bond donors (Lipinski definition) is 2. The molecule has 2 aromatic heterocycles. The Morgan fingerprint density at radius 2 is 2.09 bits per heavy atom. The van der Waals surface area contributed by atoms with Gasteiger partial charge in [0.05, 0.1) is 18.5 Å². The van der Waals surface area contributed by atoms with E-state index in [0.717, 1.165) is 11.3 Å². The lowest BCUT2D eigenvalue weighted by molar-refractivity contribution is -0.133. The number of aromatic nitrogens is 3. The molecule has 1 aromatic carbocycles. The summed E-state index contributed by atoms with van der Waals surface area (Å²) in [5.41, 5.74) is 2.10. The molecular weight excluding hydrogens is 434 g/mol. The monoisotopic (exact) mass is 457 g/mol. The molecule has 0 aliphatic carbocycles. The number of aromatic amines is 1. The van der Waals surface area contributed by atoms with Gasteiger partial charge in [-0.3, -0.25) is 29.8 Å². The first-order chi connectivity index (χ1) is 16.3. The van der Waals surface area contributed by atoms with Gasteiger partial charge in [-0.1, -0.05) is 17.9 Å². The predicted octanol–water partition coefficient (Wildman–Crippen LogP) is 2.16. The highest BCUT2D eigenvalue weighted by Gasteiger charge is 2.39. The van der Waals surface area contributed by atoms with Crippen LogP contribution in [0.2, 0.25) is 0 Å². The summed E-state index contributed by atoms with van der Waals surface area (Å²) in [6.45, 7) is 3.21. The molecule has 172 valence electrons. The van der Waals surface area contributed by atoms with Gasteiger partial charge in [-0.05, 0) is 42.8 Å². The lowest BCUT2D eigenvalue weighted by Crippen LogP contribution is -2.47. The number of methoxy groups -OCH3 is 1. The zero-order chi connectivity index (χ0) is 24.3. The van der Waals surface area contributed by atoms with Gasteiger partial charge in [0.2, 0.25) is 11.8 Å². The molecule has 3 aromatic rings. The van der Waals surface area contributed by atoms with Crippen molar-refractivity contribution in [1.29, 1.82) is 0 Å². The van der Waals surface area contributed by atoms with Crippen LogP contribution < -0.4 is 10.1 Å². The van der Waals surface area contributed by atoms with Crippen LogP contribution in [0.4, 0.5) is 0 Å². The maximum Gasteiger partial charge on any atom is 0.254 e. The van der Waals surface area contributed by atoms with Crippen molar-refractivity contribution in [2.24, 2.45) is 5.41 Å². The van der Waals surface area contributed by atoms with Gasteiger partial charge in [-0.2, -0.15) is 5.10 Å². The number of nitrogens with one attached hydrogen (secondary N) is 2. The Bertz CT molecular complexity index is 1310. The van der Waals surface area contributed by atoms with Crippen LogP contribution >= 0.6 is 0 Å². The first kappa shape index (κ1) is 22.7. The Hall–Kier alpha value is -4.45. The molecule has 0 saturated carbocycles. The Morgan fingerprint density at radius 3 is 2.74 bits per heavy atom. The van der Waals surface area contributed by atoms with Crippen LogP contribution in [0.5, 0.6) is 5.75 Å². The maximum atomic E-state index is 13.0. The molecular formula is C25H23N5O4. The Labute approximate surface area is 196 Å². The minimum absolute atomic E-state index is 0.00853. The number of benzene rings is 1. The first-order valence-electron chi connectivity index (χ1n) is 10.6. The summed E-state index contributed by atoms with van der Waals surface area (Å²) in [4.78, 5) is 43.5. The number of carbonyl (C=O) groups excluding carboxylic acids is 3. The number of pyridine rings is 1. The quantitative estimate of drug-likeness (QED) is 0.567. The van der Waals surface area contributed by atoms with E-state index in [2.05, 4.69) is 32.3 Å². The molecule has 9 heteroatoms. The molecule has 3 amide bonds. The minimum Gasteiger partial charge on any atom is -0.497 e. The van der Waals surface area contributed by atoms with Gasteiger partial charge in [-0.25, -0.2) is 0 Å². The topological polar surface area (TPSA) is 117 Å². The molecule has 1 aliphatic rings. The second-order valence-corrected chi connectivity index (χ2v) is 8.18. The zero-order valence-electron chi connectivity index (χ0n) is 19.0. The van der Waals surface area contributed by atoms with Crippen molar-refractivity contribution < 1.29 is 19.1 Å². The van der Waals surface area contributed by atoms with Gasteiger partial charge >= 0.3 is 0 Å². The summed E-state index contributed by atoms with van der Waals surface area (Å²) in [6, 6.07) is 10.7. The van der Waals surface area contributed by atoms with Crippen molar-refractivity contribution in [2.45, 2.75) is 20.4 Å². The lowest BCUT2D eigenvalue weighted by atomic mass is 9.89. The van der Waals surface area contributed by atoms with E-state index in [9.17, 15) is 14.4 Å². The smallest absolute Gasteiger partial charge is 0.254 e. The van der Waals surface area contributed by atoms with E-state index in [0.29, 0.717) is 29.1 Å². The first-order valence-corrected chi connectivity index (χ1v) is 10.6. The largest absolute Gasteiger partial charge is 0.497 e. The third kappa shape index (κ3) is 4.66. The number of hydrogen-bond acceptors (Lipinski definition) is 6. The van der Waals surface area contributed by atoms with E-state index < -0.39 is 17.2 Å². The SMILES string of the molecule is COc1ccc2c(c1)C(=O)N(C[C@](C)(C#Cc1ccc(-c3ccn[nH]3)nc1)C(=O)NC(C)=O)C2. The van der Waals surface area contributed by atoms with Crippen molar-refractivity contribution in [3.8, 4) is 29.0 Å². The molecule has 34 heavy (non-hydrogen) atoms. The van der Waals surface area contributed by atoms with Crippen LogP contribution in [-0.4, -0.2) is 51.5 Å². The molecule has 9 nitrogen and oxygen atoms in total. The highest BCUT2D eigenvalue weighted by atomic mass is 16.5. The molecule has 0 radical (unpaired) electrons. The van der Waals surface area contributed by atoms with Crippen LogP contribution in [0.25, 0.3) is 11.4 Å². The number of fused-ring (bicyclic) bond motifs is 1. The molecule has 4 rings (SSSR count). The van der Waals surface area contributed by atoms with Crippen LogP contribution in [0.15, 0.2) is 48.8 Å². The Balaban J connectivity index is 1.59. The number of carbonyl (C=O) groups is 3. The second-order valence-electron chi connectivity index (χ2n) is 8.18. The van der Waals surface area contributed by atoms with Gasteiger partial charge in [0.1, 0.15) is 11.2 Å². The van der Waals surface area contributed by atoms with Crippen LogP contribution in [-0.2, 0) is 16.1 Å². The van der Waals surface area contributed by atoms with E-state index in [4.69, 9.17) is 4.74 Å². The highest BCUT2D eigenvalue weighted by molar-refractivity contribution is 6.01. The van der Waals surface area contributed by atoms with Crippen LogP contribution in [0.3, 0.4) is 0 Å². The number of imide groups is 1. The Kier molecular flexibility index (Phi) is 6.15. The number of H-pyrrole nitrogens is 1. The predicted molar refractivity (Wildman–Crippen MR) is 123 cm³/mol. The van der Waals surface area contributed by atoms with Gasteiger partial charge < -0.3 is 9.64 Å². The van der Waals surface area contributed by atoms with Crippen molar-refractivity contribution >= 4 is 17.7 Å². The lowest BCUT2D eigenvalue weighted by Gasteiger charge is -2.27. The number of nitrogens with zero attached hydrogens (tertiary/aromatic N) is 3. The number of ether oxygens (including phenoxy) is 1. The molecule has 1 atom stereocenters. The maximum absolute atomic E-state index is 13.0. The fourth-order valence-electron chi connectivity index (χ4n) is 3.68. The van der Waals surface area contributed by atoms with Crippen LogP contribution in [0, 0.1) is 17.3 Å². The van der Waals surface area contributed by atoms with E-state index >= 15 is 0 Å². The zero-order valence-corrected chi connectivity index (χ0v) is 19.0. The van der Waals surface area contributed by atoms with Gasteiger partial charge in [0.25, 0.3) is 5.91 Å². The normalized spacial score (nSPS) is 14.0. The van der Waals surface area contributed by atoms with E-state index in [1.807, 2.05) is 6.07 Å². The van der Waals surface area contributed by atoms with Crippen molar-refractivity contribution in [3.05, 3.63) is 65.5 Å². The summed E-state index contributed by atoms with van der Waals surface area (Å²) in [7, 11) is 1.54. The highest BCUT2D eigenvalue weighted by Crippen LogP contribution is 2.30. The summed E-state index contributed by atoms with van der Waals surface area (Å²) in [6.07, 6.45) is 3.23. The van der Waals surface area contributed by atoms with E-state index in [1.54, 1.807) is 54.5 Å². The standard InChI is InChI=1S/C25H23N5O4/c1-16(31)28-24(33)25(2,10-8-17-4-7-21(26-13-17)22-9-11-27-29-22)15-30-14-18-5-6-19(34-3)12-20(18)23(30)32/h4-7,9,11-13H,14-15H2,1-3H3,(H,27,29)(H,28,31,33)/t25-/m0/s1. The van der Waals surface area contributed by atoms with E-state index in [-0.39, 0.29) is 12.5 Å². The molecule has 0 fully saturated rings. The molecule has 1 aliphatic heterocycles. The number of rotatable bonds is 5. The third-order valence-corrected chi connectivity index (χ3v) is 5.52. The van der Waals surface area contributed by atoms with Crippen LogP contribution in [0.1, 0.15) is 35.3 Å². The van der Waals surface area contributed by atoms with E-state index in [1.165, 1.54) is 14.0 Å². The molecule has 2 N–H and O–H groups in total. The van der Waals surface area contributed by atoms with Crippen molar-refractivity contribution in [1.82, 2.24) is 25.4 Å². The van der Waals surface area contributed by atoms with Gasteiger partial charge in [0, 0.05) is 43.5 Å². The summed E-state index contributed by atoms with van der Waals surface area (Å²) < 4.78 is 5.22. The molecule has 0 unspecified atom stereocenters. The van der Waals surface area contributed by atoms with Crippen molar-refractivity contribution in [2.75, 3.05) is 13.7 Å². The fourth-order valence-corrected chi connectivity index (χ4v) is 3.68. The molecule has 0 bridgehead atoms. The average molecular weight is 457 g/mol. The summed E-state index contributed by atoms with van der Waals surface area (Å²) in [5, 5.41) is 9.06. The van der Waals surface area contributed by atoms with Crippen molar-refractivity contribution in [3.63, 3.8) is 0 Å². The summed E-state index contributed by atoms with van der Waals surface area (Å²) >= 11 is 0. The minimum atomic E-state index is -1.34. The second kappa shape index (κ2) is 9.19. The summed E-state index contributed by atoms with van der Waals surface area (Å²) in [5.74, 6) is 5.24. The average Bonchev–Trinajstić information content (AvgIpc) is 3.46. The Morgan fingerprint density at radius 1 is 1.26 bits per heavy atom. The molecule has 0 spiro atoms. The van der Waals surface area contributed by atoms with Gasteiger partial charge in [-0.15, -0.1) is 0 Å². The van der Waals surface area contributed by atoms with Gasteiger partial charge in [0.15, 0.2) is 0 Å².